The average molecular weight is 330 g/mol. The first-order valence-corrected chi connectivity index (χ1v) is 7.39. The van der Waals surface area contributed by atoms with Crippen molar-refractivity contribution in [3.05, 3.63) is 82.9 Å². The molecule has 0 aliphatic carbocycles. The summed E-state index contributed by atoms with van der Waals surface area (Å²) in [5.74, 6) is -3.42. The Morgan fingerprint density at radius 3 is 1.50 bits per heavy atom. The Hall–Kier alpha value is -2.62. The SMILES string of the molecule is Cc1ccc(-c2cc(F)c(-c3cc(F)c(C)c(F)c3)c(F)c2)cc1. The summed E-state index contributed by atoms with van der Waals surface area (Å²) in [5, 5.41) is 0. The van der Waals surface area contributed by atoms with Gasteiger partial charge in [-0.05, 0) is 54.8 Å². The highest BCUT2D eigenvalue weighted by molar-refractivity contribution is 5.72. The van der Waals surface area contributed by atoms with E-state index < -0.39 is 28.8 Å². The highest BCUT2D eigenvalue weighted by Gasteiger charge is 2.17. The fourth-order valence-corrected chi connectivity index (χ4v) is 2.55. The fraction of sp³-hybridized carbons (Fsp3) is 0.100. The van der Waals surface area contributed by atoms with Gasteiger partial charge in [-0.2, -0.15) is 0 Å². The number of halogens is 4. The molecule has 0 nitrogen and oxygen atoms in total. The molecule has 0 aliphatic rings. The summed E-state index contributed by atoms with van der Waals surface area (Å²) in [5.41, 5.74) is 1.26. The van der Waals surface area contributed by atoms with Gasteiger partial charge >= 0.3 is 0 Å². The van der Waals surface area contributed by atoms with E-state index in [1.165, 1.54) is 19.1 Å². The van der Waals surface area contributed by atoms with Crippen molar-refractivity contribution in [2.45, 2.75) is 13.8 Å². The second-order valence-corrected chi connectivity index (χ2v) is 5.75. The van der Waals surface area contributed by atoms with Crippen molar-refractivity contribution in [3.63, 3.8) is 0 Å². The zero-order valence-electron chi connectivity index (χ0n) is 13.1. The topological polar surface area (TPSA) is 0 Å². The van der Waals surface area contributed by atoms with E-state index in [2.05, 4.69) is 0 Å². The average Bonchev–Trinajstić information content (AvgIpc) is 2.52. The van der Waals surface area contributed by atoms with Crippen LogP contribution < -0.4 is 0 Å². The zero-order chi connectivity index (χ0) is 17.4. The van der Waals surface area contributed by atoms with Crippen molar-refractivity contribution in [1.29, 1.82) is 0 Å². The van der Waals surface area contributed by atoms with E-state index in [4.69, 9.17) is 0 Å². The zero-order valence-corrected chi connectivity index (χ0v) is 13.1. The normalized spacial score (nSPS) is 10.9. The van der Waals surface area contributed by atoms with E-state index in [9.17, 15) is 17.6 Å². The van der Waals surface area contributed by atoms with Crippen molar-refractivity contribution in [2.24, 2.45) is 0 Å². The lowest BCUT2D eigenvalue weighted by atomic mass is 9.97. The molecule has 0 spiro atoms. The molecule has 0 heterocycles. The quantitative estimate of drug-likeness (QED) is 0.491. The maximum atomic E-state index is 14.4. The molecule has 0 aliphatic heterocycles. The van der Waals surface area contributed by atoms with Gasteiger partial charge in [0.15, 0.2) is 0 Å². The van der Waals surface area contributed by atoms with Crippen LogP contribution in [-0.4, -0.2) is 0 Å². The molecule has 0 atom stereocenters. The maximum absolute atomic E-state index is 14.4. The van der Waals surface area contributed by atoms with Crippen LogP contribution in [0.3, 0.4) is 0 Å². The molecule has 0 saturated heterocycles. The van der Waals surface area contributed by atoms with Crippen molar-refractivity contribution < 1.29 is 17.6 Å². The lowest BCUT2D eigenvalue weighted by molar-refractivity contribution is 0.566. The summed E-state index contributed by atoms with van der Waals surface area (Å²) < 4.78 is 56.3. The third-order valence-corrected chi connectivity index (χ3v) is 4.00. The number of aryl methyl sites for hydroxylation is 1. The molecule has 0 amide bonds. The second-order valence-electron chi connectivity index (χ2n) is 5.75. The van der Waals surface area contributed by atoms with Crippen LogP contribution in [0.15, 0.2) is 48.5 Å². The Kier molecular flexibility index (Phi) is 4.14. The first-order valence-electron chi connectivity index (χ1n) is 7.39. The van der Waals surface area contributed by atoms with Crippen LogP contribution in [0.4, 0.5) is 17.6 Å². The number of rotatable bonds is 2. The molecule has 3 aromatic carbocycles. The van der Waals surface area contributed by atoms with Gasteiger partial charge in [0.2, 0.25) is 0 Å². The molecule has 0 radical (unpaired) electrons. The molecule has 122 valence electrons. The summed E-state index contributed by atoms with van der Waals surface area (Å²) in [6.07, 6.45) is 0. The minimum absolute atomic E-state index is 0.166. The van der Waals surface area contributed by atoms with Gasteiger partial charge in [0, 0.05) is 5.56 Å². The molecular weight excluding hydrogens is 316 g/mol. The van der Waals surface area contributed by atoms with Gasteiger partial charge in [-0.3, -0.25) is 0 Å². The van der Waals surface area contributed by atoms with Gasteiger partial charge in [0.25, 0.3) is 0 Å². The van der Waals surface area contributed by atoms with Crippen LogP contribution in [0.2, 0.25) is 0 Å². The highest BCUT2D eigenvalue weighted by Crippen LogP contribution is 2.32. The van der Waals surface area contributed by atoms with Crippen LogP contribution in [0.1, 0.15) is 11.1 Å². The molecule has 4 heteroatoms. The van der Waals surface area contributed by atoms with E-state index >= 15 is 0 Å². The van der Waals surface area contributed by atoms with Gasteiger partial charge in [0.05, 0.1) is 5.56 Å². The van der Waals surface area contributed by atoms with E-state index in [0.29, 0.717) is 11.1 Å². The fourth-order valence-electron chi connectivity index (χ4n) is 2.55. The summed E-state index contributed by atoms with van der Waals surface area (Å²) >= 11 is 0. The number of hydrogen-bond donors (Lipinski definition) is 0. The summed E-state index contributed by atoms with van der Waals surface area (Å²) in [4.78, 5) is 0. The Labute approximate surface area is 137 Å². The number of benzene rings is 3. The molecule has 0 fully saturated rings. The molecule has 0 saturated carbocycles. The van der Waals surface area contributed by atoms with Crippen LogP contribution in [0.5, 0.6) is 0 Å². The van der Waals surface area contributed by atoms with Crippen LogP contribution >= 0.6 is 0 Å². The lowest BCUT2D eigenvalue weighted by Crippen LogP contribution is -1.96. The molecular formula is C20H14F4. The largest absolute Gasteiger partial charge is 0.207 e. The molecule has 0 unspecified atom stereocenters. The van der Waals surface area contributed by atoms with Gasteiger partial charge < -0.3 is 0 Å². The summed E-state index contributed by atoms with van der Waals surface area (Å²) in [6.45, 7) is 3.18. The first kappa shape index (κ1) is 16.2. The summed E-state index contributed by atoms with van der Waals surface area (Å²) in [7, 11) is 0. The van der Waals surface area contributed by atoms with Crippen molar-refractivity contribution in [3.8, 4) is 22.3 Å². The Balaban J connectivity index is 2.13. The Morgan fingerprint density at radius 1 is 0.542 bits per heavy atom. The van der Waals surface area contributed by atoms with Crippen LogP contribution in [0.25, 0.3) is 22.3 Å². The van der Waals surface area contributed by atoms with E-state index in [1.807, 2.05) is 19.1 Å². The van der Waals surface area contributed by atoms with Gasteiger partial charge in [-0.15, -0.1) is 0 Å². The van der Waals surface area contributed by atoms with Crippen molar-refractivity contribution in [2.75, 3.05) is 0 Å². The molecule has 3 aromatic rings. The minimum atomic E-state index is -0.867. The molecule has 0 aromatic heterocycles. The first-order chi connectivity index (χ1) is 11.4. The molecule has 0 N–H and O–H groups in total. The monoisotopic (exact) mass is 330 g/mol. The standard InChI is InChI=1S/C20H14F4/c1-11-3-5-13(6-4-11)14-7-18(23)20(19(24)8-14)15-9-16(21)12(2)17(22)10-15/h3-10H,1-2H3. The van der Waals surface area contributed by atoms with E-state index in [0.717, 1.165) is 17.7 Å². The minimum Gasteiger partial charge on any atom is -0.207 e. The number of hydrogen-bond acceptors (Lipinski definition) is 0. The van der Waals surface area contributed by atoms with Crippen LogP contribution in [-0.2, 0) is 0 Å². The highest BCUT2D eigenvalue weighted by atomic mass is 19.1. The van der Waals surface area contributed by atoms with Crippen molar-refractivity contribution in [1.82, 2.24) is 0 Å². The predicted molar refractivity (Wildman–Crippen MR) is 86.6 cm³/mol. The third kappa shape index (κ3) is 2.92. The summed E-state index contributed by atoms with van der Waals surface area (Å²) in [6, 6.07) is 11.4. The maximum Gasteiger partial charge on any atom is 0.134 e. The molecule has 0 bridgehead atoms. The molecule has 24 heavy (non-hydrogen) atoms. The third-order valence-electron chi connectivity index (χ3n) is 4.00. The predicted octanol–water partition coefficient (Wildman–Crippen LogP) is 6.19. The Morgan fingerprint density at radius 2 is 1.00 bits per heavy atom. The van der Waals surface area contributed by atoms with Gasteiger partial charge in [-0.1, -0.05) is 29.8 Å². The lowest BCUT2D eigenvalue weighted by Gasteiger charge is -2.10. The van der Waals surface area contributed by atoms with Crippen molar-refractivity contribution >= 4 is 0 Å². The molecule has 3 rings (SSSR count). The van der Waals surface area contributed by atoms with E-state index in [-0.39, 0.29) is 11.1 Å². The Bertz CT molecular complexity index is 865. The van der Waals surface area contributed by atoms with Gasteiger partial charge in [-0.25, -0.2) is 17.6 Å². The second kappa shape index (κ2) is 6.11. The van der Waals surface area contributed by atoms with Gasteiger partial charge in [0.1, 0.15) is 23.3 Å². The van der Waals surface area contributed by atoms with E-state index in [1.54, 1.807) is 12.1 Å². The van der Waals surface area contributed by atoms with Crippen LogP contribution in [0, 0.1) is 37.1 Å². The smallest absolute Gasteiger partial charge is 0.134 e.